The predicted octanol–water partition coefficient (Wildman–Crippen LogP) is 2.33. The minimum absolute atomic E-state index is 0.148. The number of sulfonamides is 1. The summed E-state index contributed by atoms with van der Waals surface area (Å²) in [6.07, 6.45) is 2.48. The topological polar surface area (TPSA) is 72.6 Å². The largest absolute Gasteiger partial charge is 0.378 e. The molecule has 0 aromatic heterocycles. The van der Waals surface area contributed by atoms with Crippen molar-refractivity contribution in [2.24, 2.45) is 5.73 Å². The van der Waals surface area contributed by atoms with E-state index in [1.165, 1.54) is 0 Å². The maximum Gasteiger partial charge on any atom is 0.243 e. The van der Waals surface area contributed by atoms with Crippen molar-refractivity contribution in [3.63, 3.8) is 0 Å². The normalized spacial score (nSPS) is 17.7. The Morgan fingerprint density at radius 3 is 2.61 bits per heavy atom. The zero-order valence-corrected chi connectivity index (χ0v) is 14.9. The van der Waals surface area contributed by atoms with Crippen molar-refractivity contribution >= 4 is 10.0 Å². The Morgan fingerprint density at radius 2 is 2.00 bits per heavy atom. The summed E-state index contributed by atoms with van der Waals surface area (Å²) in [6, 6.07) is 7.28. The Labute approximate surface area is 139 Å². The molecule has 2 N–H and O–H groups in total. The van der Waals surface area contributed by atoms with E-state index in [1.54, 1.807) is 16.4 Å². The third-order valence-corrected chi connectivity index (χ3v) is 6.16. The molecule has 0 radical (unpaired) electrons. The quantitative estimate of drug-likeness (QED) is 0.773. The molecule has 0 atom stereocenters. The summed E-state index contributed by atoms with van der Waals surface area (Å²) in [6.45, 7) is 6.44. The Bertz CT molecular complexity index is 594. The lowest BCUT2D eigenvalue weighted by atomic mass is 10.0. The van der Waals surface area contributed by atoms with Crippen LogP contribution in [0, 0.1) is 0 Å². The molecule has 0 spiro atoms. The zero-order valence-electron chi connectivity index (χ0n) is 14.1. The fraction of sp³-hybridized carbons (Fsp3) is 0.647. The van der Waals surface area contributed by atoms with Crippen molar-refractivity contribution in [2.75, 3.05) is 26.2 Å². The van der Waals surface area contributed by atoms with E-state index in [9.17, 15) is 8.42 Å². The molecular weight excluding hydrogens is 312 g/mol. The van der Waals surface area contributed by atoms with Crippen LogP contribution in [-0.4, -0.2) is 45.1 Å². The van der Waals surface area contributed by atoms with Gasteiger partial charge in [-0.15, -0.1) is 0 Å². The monoisotopic (exact) mass is 340 g/mol. The molecule has 0 bridgehead atoms. The van der Waals surface area contributed by atoms with E-state index in [0.29, 0.717) is 37.1 Å². The van der Waals surface area contributed by atoms with Crippen LogP contribution < -0.4 is 5.73 Å². The van der Waals surface area contributed by atoms with Crippen molar-refractivity contribution in [2.45, 2.75) is 50.0 Å². The van der Waals surface area contributed by atoms with Gasteiger partial charge in [0.05, 0.1) is 11.0 Å². The Hall–Kier alpha value is -0.950. The number of benzene rings is 1. The van der Waals surface area contributed by atoms with Crippen LogP contribution in [0.2, 0.25) is 0 Å². The van der Waals surface area contributed by atoms with Crippen LogP contribution in [0.15, 0.2) is 29.2 Å². The number of hydrogen-bond acceptors (Lipinski definition) is 4. The Kier molecular flexibility index (Phi) is 6.59. The summed E-state index contributed by atoms with van der Waals surface area (Å²) in [5, 5.41) is 0. The second-order valence-corrected chi connectivity index (χ2v) is 8.28. The first-order valence-corrected chi connectivity index (χ1v) is 9.81. The maximum atomic E-state index is 12.8. The fourth-order valence-electron chi connectivity index (χ4n) is 2.76. The van der Waals surface area contributed by atoms with Gasteiger partial charge in [0.25, 0.3) is 0 Å². The molecule has 0 amide bonds. The standard InChI is InChI=1S/C17H28N2O3S/c1-14(2)15-5-3-6-17(13-15)23(20,21)19-10-7-16(8-11-19)22-12-4-9-18/h3,5-6,13-14,16H,4,7-12,18H2,1-2H3. The smallest absolute Gasteiger partial charge is 0.243 e. The molecule has 1 aromatic rings. The van der Waals surface area contributed by atoms with Crippen LogP contribution in [0.3, 0.4) is 0 Å². The molecule has 0 saturated carbocycles. The average Bonchev–Trinajstić information content (AvgIpc) is 2.55. The van der Waals surface area contributed by atoms with E-state index in [-0.39, 0.29) is 6.10 Å². The van der Waals surface area contributed by atoms with Crippen molar-refractivity contribution in [3.05, 3.63) is 29.8 Å². The van der Waals surface area contributed by atoms with E-state index in [0.717, 1.165) is 24.8 Å². The fourth-order valence-corrected chi connectivity index (χ4v) is 4.28. The molecule has 1 aliphatic heterocycles. The molecule has 1 saturated heterocycles. The van der Waals surface area contributed by atoms with Crippen molar-refractivity contribution < 1.29 is 13.2 Å². The molecule has 6 heteroatoms. The number of ether oxygens (including phenoxy) is 1. The molecule has 23 heavy (non-hydrogen) atoms. The van der Waals surface area contributed by atoms with Crippen molar-refractivity contribution in [1.29, 1.82) is 0 Å². The second kappa shape index (κ2) is 8.24. The lowest BCUT2D eigenvalue weighted by Gasteiger charge is -2.31. The van der Waals surface area contributed by atoms with Gasteiger partial charge in [-0.25, -0.2) is 8.42 Å². The number of piperidine rings is 1. The van der Waals surface area contributed by atoms with Crippen LogP contribution in [0.1, 0.15) is 44.6 Å². The Balaban J connectivity index is 2.00. The van der Waals surface area contributed by atoms with Gasteiger partial charge in [0.2, 0.25) is 10.0 Å². The van der Waals surface area contributed by atoms with Gasteiger partial charge in [0.1, 0.15) is 0 Å². The summed E-state index contributed by atoms with van der Waals surface area (Å²) in [7, 11) is -3.41. The number of hydrogen-bond donors (Lipinski definition) is 1. The summed E-state index contributed by atoms with van der Waals surface area (Å²) in [5.74, 6) is 0.312. The minimum Gasteiger partial charge on any atom is -0.378 e. The van der Waals surface area contributed by atoms with Crippen molar-refractivity contribution in [1.82, 2.24) is 4.31 Å². The van der Waals surface area contributed by atoms with Crippen LogP contribution >= 0.6 is 0 Å². The van der Waals surface area contributed by atoms with Crippen LogP contribution in [0.25, 0.3) is 0 Å². The molecule has 1 aliphatic rings. The zero-order chi connectivity index (χ0) is 16.9. The minimum atomic E-state index is -3.41. The summed E-state index contributed by atoms with van der Waals surface area (Å²) in [5.41, 5.74) is 6.50. The molecule has 130 valence electrons. The first-order chi connectivity index (χ1) is 10.9. The third kappa shape index (κ3) is 4.76. The second-order valence-electron chi connectivity index (χ2n) is 6.34. The SMILES string of the molecule is CC(C)c1cccc(S(=O)(=O)N2CCC(OCCCN)CC2)c1. The number of nitrogens with zero attached hydrogens (tertiary/aromatic N) is 1. The molecule has 5 nitrogen and oxygen atoms in total. The molecular formula is C17H28N2O3S. The summed E-state index contributed by atoms with van der Waals surface area (Å²) >= 11 is 0. The highest BCUT2D eigenvalue weighted by molar-refractivity contribution is 7.89. The highest BCUT2D eigenvalue weighted by Crippen LogP contribution is 2.24. The van der Waals surface area contributed by atoms with Gasteiger partial charge >= 0.3 is 0 Å². The molecule has 2 rings (SSSR count). The van der Waals surface area contributed by atoms with E-state index in [4.69, 9.17) is 10.5 Å². The average molecular weight is 340 g/mol. The van der Waals surface area contributed by atoms with Gasteiger partial charge in [-0.2, -0.15) is 4.31 Å². The van der Waals surface area contributed by atoms with Gasteiger partial charge < -0.3 is 10.5 Å². The van der Waals surface area contributed by atoms with Crippen LogP contribution in [0.5, 0.6) is 0 Å². The first-order valence-electron chi connectivity index (χ1n) is 8.37. The summed E-state index contributed by atoms with van der Waals surface area (Å²) in [4.78, 5) is 0.395. The Morgan fingerprint density at radius 1 is 1.30 bits per heavy atom. The van der Waals surface area contributed by atoms with E-state index < -0.39 is 10.0 Å². The van der Waals surface area contributed by atoms with Crippen LogP contribution in [-0.2, 0) is 14.8 Å². The van der Waals surface area contributed by atoms with E-state index in [1.807, 2.05) is 12.1 Å². The number of nitrogens with two attached hydrogens (primary N) is 1. The van der Waals surface area contributed by atoms with E-state index >= 15 is 0 Å². The highest BCUT2D eigenvalue weighted by atomic mass is 32.2. The summed E-state index contributed by atoms with van der Waals surface area (Å²) < 4.78 is 32.9. The molecule has 1 fully saturated rings. The van der Waals surface area contributed by atoms with Gasteiger partial charge in [-0.1, -0.05) is 26.0 Å². The van der Waals surface area contributed by atoms with E-state index in [2.05, 4.69) is 13.8 Å². The molecule has 0 aliphatic carbocycles. The first kappa shape index (κ1) is 18.4. The lowest BCUT2D eigenvalue weighted by Crippen LogP contribution is -2.41. The third-order valence-electron chi connectivity index (χ3n) is 4.27. The predicted molar refractivity (Wildman–Crippen MR) is 91.9 cm³/mol. The highest BCUT2D eigenvalue weighted by Gasteiger charge is 2.29. The number of rotatable bonds is 7. The van der Waals surface area contributed by atoms with Gasteiger partial charge in [0.15, 0.2) is 0 Å². The molecule has 1 heterocycles. The van der Waals surface area contributed by atoms with Crippen molar-refractivity contribution in [3.8, 4) is 0 Å². The maximum absolute atomic E-state index is 12.8. The van der Waals surface area contributed by atoms with Gasteiger partial charge in [-0.05, 0) is 49.4 Å². The molecule has 1 aromatic carbocycles. The van der Waals surface area contributed by atoms with Gasteiger partial charge in [0, 0.05) is 19.7 Å². The molecule has 0 unspecified atom stereocenters. The van der Waals surface area contributed by atoms with Gasteiger partial charge in [-0.3, -0.25) is 0 Å². The van der Waals surface area contributed by atoms with Crippen LogP contribution in [0.4, 0.5) is 0 Å². The lowest BCUT2D eigenvalue weighted by molar-refractivity contribution is 0.0209.